The normalized spacial score (nSPS) is 16.0. The molecule has 0 saturated heterocycles. The molecule has 0 spiro atoms. The molecule has 1 amide bonds. The summed E-state index contributed by atoms with van der Waals surface area (Å²) in [6.07, 6.45) is 6.69. The van der Waals surface area contributed by atoms with Gasteiger partial charge >= 0.3 is 0 Å². The van der Waals surface area contributed by atoms with E-state index in [9.17, 15) is 9.90 Å². The molecule has 1 saturated carbocycles. The van der Waals surface area contributed by atoms with Crippen molar-refractivity contribution >= 4 is 5.91 Å². The summed E-state index contributed by atoms with van der Waals surface area (Å²) < 4.78 is 5.74. The Morgan fingerprint density at radius 3 is 2.75 bits per heavy atom. The summed E-state index contributed by atoms with van der Waals surface area (Å²) in [5.41, 5.74) is 0.651. The lowest BCUT2D eigenvalue weighted by Gasteiger charge is -2.22. The van der Waals surface area contributed by atoms with Gasteiger partial charge in [0.1, 0.15) is 5.75 Å². The molecule has 1 fully saturated rings. The number of aromatic hydroxyl groups is 1. The van der Waals surface area contributed by atoms with Gasteiger partial charge in [-0.05, 0) is 18.9 Å². The highest BCUT2D eigenvalue weighted by Crippen LogP contribution is 2.20. The number of phenols is 1. The van der Waals surface area contributed by atoms with Gasteiger partial charge in [-0.15, -0.1) is 0 Å². The first-order valence-electron chi connectivity index (χ1n) is 7.41. The molecule has 20 heavy (non-hydrogen) atoms. The number of carbonyl (C=O) groups is 1. The van der Waals surface area contributed by atoms with E-state index in [1.807, 2.05) is 6.07 Å². The summed E-state index contributed by atoms with van der Waals surface area (Å²) in [4.78, 5) is 11.7. The number of hydrogen-bond donors (Lipinski definition) is 2. The highest BCUT2D eigenvalue weighted by Gasteiger charge is 2.13. The van der Waals surface area contributed by atoms with Crippen LogP contribution in [0.5, 0.6) is 5.75 Å². The lowest BCUT2D eigenvalue weighted by Crippen LogP contribution is -2.30. The summed E-state index contributed by atoms with van der Waals surface area (Å²) in [6.45, 7) is 1.10. The van der Waals surface area contributed by atoms with Crippen molar-refractivity contribution in [3.8, 4) is 5.75 Å². The first kappa shape index (κ1) is 14.9. The third-order valence-electron chi connectivity index (χ3n) is 3.67. The van der Waals surface area contributed by atoms with Crippen LogP contribution in [0.25, 0.3) is 0 Å². The Morgan fingerprint density at radius 2 is 2.00 bits per heavy atom. The van der Waals surface area contributed by atoms with Crippen LogP contribution in [0.1, 0.15) is 37.7 Å². The van der Waals surface area contributed by atoms with E-state index in [0.717, 1.165) is 12.8 Å². The quantitative estimate of drug-likeness (QED) is 0.785. The minimum atomic E-state index is -0.0845. The van der Waals surface area contributed by atoms with E-state index in [0.29, 0.717) is 24.8 Å². The number of hydrogen-bond acceptors (Lipinski definition) is 3. The second kappa shape index (κ2) is 7.90. The van der Waals surface area contributed by atoms with Crippen molar-refractivity contribution in [2.75, 3.05) is 13.2 Å². The van der Waals surface area contributed by atoms with Gasteiger partial charge in [-0.25, -0.2) is 0 Å². The first-order chi connectivity index (χ1) is 9.75. The number of para-hydroxylation sites is 1. The molecule has 1 aromatic rings. The molecule has 0 bridgehead atoms. The number of nitrogens with one attached hydrogen (secondary N) is 1. The highest BCUT2D eigenvalue weighted by molar-refractivity contribution is 5.79. The predicted molar refractivity (Wildman–Crippen MR) is 77.6 cm³/mol. The Balaban J connectivity index is 1.61. The number of benzene rings is 1. The fourth-order valence-corrected chi connectivity index (χ4v) is 2.54. The zero-order chi connectivity index (χ0) is 14.2. The molecule has 0 heterocycles. The van der Waals surface area contributed by atoms with Gasteiger partial charge in [0.05, 0.1) is 19.1 Å². The van der Waals surface area contributed by atoms with Crippen molar-refractivity contribution in [3.05, 3.63) is 29.8 Å². The molecular weight excluding hydrogens is 254 g/mol. The molecule has 4 nitrogen and oxygen atoms in total. The van der Waals surface area contributed by atoms with Crippen molar-refractivity contribution in [2.45, 2.75) is 44.6 Å². The largest absolute Gasteiger partial charge is 0.508 e. The fourth-order valence-electron chi connectivity index (χ4n) is 2.54. The van der Waals surface area contributed by atoms with E-state index in [1.54, 1.807) is 18.2 Å². The molecule has 0 radical (unpaired) electrons. The summed E-state index contributed by atoms with van der Waals surface area (Å²) in [5.74, 6) is 0.0832. The van der Waals surface area contributed by atoms with Crippen LogP contribution < -0.4 is 5.32 Å². The lowest BCUT2D eigenvalue weighted by molar-refractivity contribution is -0.120. The van der Waals surface area contributed by atoms with Crippen molar-refractivity contribution in [1.29, 1.82) is 0 Å². The zero-order valence-corrected chi connectivity index (χ0v) is 11.8. The van der Waals surface area contributed by atoms with Gasteiger partial charge < -0.3 is 15.2 Å². The van der Waals surface area contributed by atoms with Crippen LogP contribution in [0.3, 0.4) is 0 Å². The molecule has 1 aromatic carbocycles. The van der Waals surface area contributed by atoms with Gasteiger partial charge in [0.25, 0.3) is 0 Å². The van der Waals surface area contributed by atoms with E-state index in [4.69, 9.17) is 4.74 Å². The van der Waals surface area contributed by atoms with Crippen LogP contribution in [0.2, 0.25) is 0 Å². The van der Waals surface area contributed by atoms with Crippen LogP contribution in [0, 0.1) is 0 Å². The van der Waals surface area contributed by atoms with Crippen molar-refractivity contribution < 1.29 is 14.6 Å². The topological polar surface area (TPSA) is 58.6 Å². The smallest absolute Gasteiger partial charge is 0.224 e. The van der Waals surface area contributed by atoms with Gasteiger partial charge in [0.15, 0.2) is 0 Å². The van der Waals surface area contributed by atoms with Crippen LogP contribution in [0.4, 0.5) is 0 Å². The average molecular weight is 277 g/mol. The molecule has 2 N–H and O–H groups in total. The SMILES string of the molecule is O=C(Cc1ccccc1O)NCCOC1CCCCC1. The van der Waals surface area contributed by atoms with Gasteiger partial charge in [-0.2, -0.15) is 0 Å². The van der Waals surface area contributed by atoms with Gasteiger partial charge in [0.2, 0.25) is 5.91 Å². The van der Waals surface area contributed by atoms with E-state index >= 15 is 0 Å². The van der Waals surface area contributed by atoms with Crippen LogP contribution >= 0.6 is 0 Å². The van der Waals surface area contributed by atoms with Crippen LogP contribution in [-0.4, -0.2) is 30.3 Å². The van der Waals surface area contributed by atoms with Crippen molar-refractivity contribution in [2.24, 2.45) is 0 Å². The Bertz CT molecular complexity index is 427. The van der Waals surface area contributed by atoms with Crippen LogP contribution in [-0.2, 0) is 16.0 Å². The summed E-state index contributed by atoms with van der Waals surface area (Å²) >= 11 is 0. The second-order valence-electron chi connectivity index (χ2n) is 5.29. The molecular formula is C16H23NO3. The summed E-state index contributed by atoms with van der Waals surface area (Å²) in [5, 5.41) is 12.4. The standard InChI is InChI=1S/C16H23NO3/c18-15-9-5-4-6-13(15)12-16(19)17-10-11-20-14-7-2-1-3-8-14/h4-6,9,14,18H,1-3,7-8,10-12H2,(H,17,19). The number of carbonyl (C=O) groups excluding carboxylic acids is 1. The minimum absolute atomic E-state index is 0.0845. The van der Waals surface area contributed by atoms with E-state index in [2.05, 4.69) is 5.32 Å². The highest BCUT2D eigenvalue weighted by atomic mass is 16.5. The third-order valence-corrected chi connectivity index (χ3v) is 3.67. The Kier molecular flexibility index (Phi) is 5.87. The molecule has 4 heteroatoms. The van der Waals surface area contributed by atoms with Gasteiger partial charge in [-0.1, -0.05) is 37.5 Å². The molecule has 1 aliphatic carbocycles. The first-order valence-corrected chi connectivity index (χ1v) is 7.41. The second-order valence-corrected chi connectivity index (χ2v) is 5.29. The monoisotopic (exact) mass is 277 g/mol. The van der Waals surface area contributed by atoms with Crippen molar-refractivity contribution in [1.82, 2.24) is 5.32 Å². The summed E-state index contributed by atoms with van der Waals surface area (Å²) in [7, 11) is 0. The zero-order valence-electron chi connectivity index (χ0n) is 11.8. The molecule has 0 atom stereocenters. The Labute approximate surface area is 120 Å². The molecule has 0 aliphatic heterocycles. The molecule has 1 aliphatic rings. The molecule has 0 aromatic heterocycles. The van der Waals surface area contributed by atoms with Crippen molar-refractivity contribution in [3.63, 3.8) is 0 Å². The van der Waals surface area contributed by atoms with Gasteiger partial charge in [0, 0.05) is 12.1 Å². The summed E-state index contributed by atoms with van der Waals surface area (Å²) in [6, 6.07) is 6.91. The maximum Gasteiger partial charge on any atom is 0.224 e. The number of phenolic OH excluding ortho intramolecular Hbond substituents is 1. The van der Waals surface area contributed by atoms with E-state index < -0.39 is 0 Å². The molecule has 110 valence electrons. The predicted octanol–water partition coefficient (Wildman–Crippen LogP) is 2.40. The number of ether oxygens (including phenoxy) is 1. The van der Waals surface area contributed by atoms with Crippen LogP contribution in [0.15, 0.2) is 24.3 Å². The van der Waals surface area contributed by atoms with E-state index in [1.165, 1.54) is 19.3 Å². The maximum atomic E-state index is 11.7. The maximum absolute atomic E-state index is 11.7. The third kappa shape index (κ3) is 4.85. The molecule has 2 rings (SSSR count). The average Bonchev–Trinajstić information content (AvgIpc) is 2.47. The Hall–Kier alpha value is -1.55. The fraction of sp³-hybridized carbons (Fsp3) is 0.562. The minimum Gasteiger partial charge on any atom is -0.508 e. The lowest BCUT2D eigenvalue weighted by atomic mass is 9.98. The van der Waals surface area contributed by atoms with E-state index in [-0.39, 0.29) is 18.1 Å². The number of rotatable bonds is 6. The van der Waals surface area contributed by atoms with Gasteiger partial charge in [-0.3, -0.25) is 4.79 Å². The Morgan fingerprint density at radius 1 is 1.25 bits per heavy atom. The number of amides is 1. The molecule has 0 unspecified atom stereocenters.